The highest BCUT2D eigenvalue weighted by Gasteiger charge is 2.23. The van der Waals surface area contributed by atoms with Crippen molar-refractivity contribution in [2.75, 3.05) is 19.6 Å². The van der Waals surface area contributed by atoms with Crippen molar-refractivity contribution < 1.29 is 4.74 Å². The quantitative estimate of drug-likeness (QED) is 0.741. The largest absolute Gasteiger partial charge is 0.373 e. The summed E-state index contributed by atoms with van der Waals surface area (Å²) in [6.07, 6.45) is 0.691. The second-order valence-corrected chi connectivity index (χ2v) is 4.88. The first-order valence-corrected chi connectivity index (χ1v) is 5.62. The van der Waals surface area contributed by atoms with Crippen molar-refractivity contribution >= 4 is 0 Å². The van der Waals surface area contributed by atoms with E-state index in [2.05, 4.69) is 32.6 Å². The lowest BCUT2D eigenvalue weighted by Gasteiger charge is -2.37. The highest BCUT2D eigenvalue weighted by atomic mass is 16.5. The van der Waals surface area contributed by atoms with Crippen molar-refractivity contribution in [3.63, 3.8) is 0 Å². The van der Waals surface area contributed by atoms with E-state index in [9.17, 15) is 0 Å². The number of ether oxygens (including phenoxy) is 1. The maximum atomic E-state index is 6.06. The first-order chi connectivity index (χ1) is 6.49. The molecule has 3 nitrogen and oxygen atoms in total. The summed E-state index contributed by atoms with van der Waals surface area (Å²) in [7, 11) is 0. The molecule has 1 aliphatic heterocycles. The first kappa shape index (κ1) is 12.0. The van der Waals surface area contributed by atoms with E-state index in [1.165, 1.54) is 0 Å². The molecule has 0 aromatic rings. The van der Waals surface area contributed by atoms with E-state index in [4.69, 9.17) is 10.5 Å². The molecule has 0 saturated carbocycles. The minimum Gasteiger partial charge on any atom is -0.373 e. The van der Waals surface area contributed by atoms with Crippen molar-refractivity contribution in [1.82, 2.24) is 4.90 Å². The van der Waals surface area contributed by atoms with Crippen LogP contribution < -0.4 is 5.73 Å². The van der Waals surface area contributed by atoms with E-state index in [1.54, 1.807) is 0 Å². The van der Waals surface area contributed by atoms with Gasteiger partial charge in [-0.25, -0.2) is 0 Å². The summed E-state index contributed by atoms with van der Waals surface area (Å²) >= 11 is 0. The summed E-state index contributed by atoms with van der Waals surface area (Å²) in [6.45, 7) is 11.6. The topological polar surface area (TPSA) is 38.5 Å². The molecule has 3 heteroatoms. The third kappa shape index (κ3) is 3.56. The van der Waals surface area contributed by atoms with Crippen molar-refractivity contribution in [3.05, 3.63) is 0 Å². The number of hydrogen-bond acceptors (Lipinski definition) is 3. The van der Waals surface area contributed by atoms with E-state index >= 15 is 0 Å². The molecule has 0 aromatic heterocycles. The zero-order valence-corrected chi connectivity index (χ0v) is 9.86. The Balaban J connectivity index is 2.36. The van der Waals surface area contributed by atoms with Crippen LogP contribution in [-0.2, 0) is 4.74 Å². The van der Waals surface area contributed by atoms with Crippen molar-refractivity contribution in [1.29, 1.82) is 0 Å². The van der Waals surface area contributed by atoms with Crippen molar-refractivity contribution in [3.8, 4) is 0 Å². The van der Waals surface area contributed by atoms with Gasteiger partial charge in [0.2, 0.25) is 0 Å². The Kier molecular flexibility index (Phi) is 4.35. The van der Waals surface area contributed by atoms with Gasteiger partial charge in [-0.15, -0.1) is 0 Å². The molecule has 0 spiro atoms. The van der Waals surface area contributed by atoms with Crippen LogP contribution >= 0.6 is 0 Å². The second-order valence-electron chi connectivity index (χ2n) is 4.88. The summed E-state index contributed by atoms with van der Waals surface area (Å²) in [6, 6.07) is 0.285. The first-order valence-electron chi connectivity index (χ1n) is 5.62. The molecule has 2 N–H and O–H groups in total. The normalized spacial score (nSPS) is 32.1. The molecule has 1 aliphatic rings. The van der Waals surface area contributed by atoms with Crippen LogP contribution in [0.3, 0.4) is 0 Å². The zero-order valence-electron chi connectivity index (χ0n) is 9.86. The van der Waals surface area contributed by atoms with Gasteiger partial charge in [0, 0.05) is 25.7 Å². The van der Waals surface area contributed by atoms with Gasteiger partial charge in [-0.1, -0.05) is 13.8 Å². The Morgan fingerprint density at radius 3 is 2.21 bits per heavy atom. The SMILES string of the molecule is CC1CN(CC(N)C(C)C)CC(C)O1. The lowest BCUT2D eigenvalue weighted by Crippen LogP contribution is -2.50. The summed E-state index contributed by atoms with van der Waals surface area (Å²) in [5.41, 5.74) is 6.06. The van der Waals surface area contributed by atoms with Gasteiger partial charge >= 0.3 is 0 Å². The van der Waals surface area contributed by atoms with Crippen LogP contribution in [0.15, 0.2) is 0 Å². The Bertz CT molecular complexity index is 163. The Labute approximate surface area is 87.6 Å². The van der Waals surface area contributed by atoms with Gasteiger partial charge < -0.3 is 10.5 Å². The van der Waals surface area contributed by atoms with Crippen LogP contribution in [0.5, 0.6) is 0 Å². The number of nitrogens with two attached hydrogens (primary N) is 1. The molecule has 1 fully saturated rings. The minimum absolute atomic E-state index is 0.285. The van der Waals surface area contributed by atoms with E-state index in [-0.39, 0.29) is 6.04 Å². The highest BCUT2D eigenvalue weighted by Crippen LogP contribution is 2.12. The number of hydrogen-bond donors (Lipinski definition) is 1. The maximum absolute atomic E-state index is 6.06. The lowest BCUT2D eigenvalue weighted by molar-refractivity contribution is -0.0699. The van der Waals surface area contributed by atoms with E-state index in [0.29, 0.717) is 18.1 Å². The predicted octanol–water partition coefficient (Wildman–Crippen LogP) is 1.08. The fraction of sp³-hybridized carbons (Fsp3) is 1.00. The molecule has 1 saturated heterocycles. The van der Waals surface area contributed by atoms with Gasteiger partial charge in [-0.05, 0) is 19.8 Å². The van der Waals surface area contributed by atoms with E-state index in [0.717, 1.165) is 19.6 Å². The zero-order chi connectivity index (χ0) is 10.7. The van der Waals surface area contributed by atoms with Gasteiger partial charge in [0.05, 0.1) is 12.2 Å². The highest BCUT2D eigenvalue weighted by molar-refractivity contribution is 4.78. The fourth-order valence-electron chi connectivity index (χ4n) is 1.94. The maximum Gasteiger partial charge on any atom is 0.0678 e. The average Bonchev–Trinajstić information content (AvgIpc) is 2.01. The summed E-state index contributed by atoms with van der Waals surface area (Å²) in [5, 5.41) is 0. The summed E-state index contributed by atoms with van der Waals surface area (Å²) in [4.78, 5) is 2.42. The molecule has 0 aliphatic carbocycles. The molecule has 0 radical (unpaired) electrons. The molecular formula is C11H24N2O. The fourth-order valence-corrected chi connectivity index (χ4v) is 1.94. The molecule has 1 heterocycles. The Hall–Kier alpha value is -0.120. The van der Waals surface area contributed by atoms with Crippen molar-refractivity contribution in [2.24, 2.45) is 11.7 Å². The molecular weight excluding hydrogens is 176 g/mol. The predicted molar refractivity (Wildman–Crippen MR) is 59.3 cm³/mol. The summed E-state index contributed by atoms with van der Waals surface area (Å²) < 4.78 is 5.68. The number of nitrogens with zero attached hydrogens (tertiary/aromatic N) is 1. The van der Waals surface area contributed by atoms with Gasteiger partial charge in [0.25, 0.3) is 0 Å². The monoisotopic (exact) mass is 200 g/mol. The van der Waals surface area contributed by atoms with E-state index in [1.807, 2.05) is 0 Å². The molecule has 3 atom stereocenters. The average molecular weight is 200 g/mol. The van der Waals surface area contributed by atoms with Gasteiger partial charge in [0.15, 0.2) is 0 Å². The Morgan fingerprint density at radius 1 is 1.29 bits per heavy atom. The lowest BCUT2D eigenvalue weighted by atomic mass is 10.0. The van der Waals surface area contributed by atoms with Gasteiger partial charge in [0.1, 0.15) is 0 Å². The molecule has 14 heavy (non-hydrogen) atoms. The van der Waals surface area contributed by atoms with Crippen LogP contribution in [-0.4, -0.2) is 42.8 Å². The second kappa shape index (κ2) is 5.10. The molecule has 3 unspecified atom stereocenters. The molecule has 1 rings (SSSR count). The van der Waals surface area contributed by atoms with Crippen molar-refractivity contribution in [2.45, 2.75) is 45.9 Å². The van der Waals surface area contributed by atoms with Crippen LogP contribution in [0.4, 0.5) is 0 Å². The van der Waals surface area contributed by atoms with E-state index < -0.39 is 0 Å². The number of morpholine rings is 1. The summed E-state index contributed by atoms with van der Waals surface area (Å²) in [5.74, 6) is 0.559. The standard InChI is InChI=1S/C11H24N2O/c1-8(2)11(12)7-13-5-9(3)14-10(4)6-13/h8-11H,5-7,12H2,1-4H3. The third-order valence-corrected chi connectivity index (χ3v) is 2.82. The van der Waals surface area contributed by atoms with Crippen LogP contribution in [0.1, 0.15) is 27.7 Å². The molecule has 0 aromatic carbocycles. The minimum atomic E-state index is 0.285. The number of rotatable bonds is 3. The van der Waals surface area contributed by atoms with Crippen LogP contribution in [0.25, 0.3) is 0 Å². The third-order valence-electron chi connectivity index (χ3n) is 2.82. The molecule has 84 valence electrons. The molecule has 0 amide bonds. The van der Waals surface area contributed by atoms with Crippen LogP contribution in [0, 0.1) is 5.92 Å². The van der Waals surface area contributed by atoms with Crippen LogP contribution in [0.2, 0.25) is 0 Å². The molecule has 0 bridgehead atoms. The van der Waals surface area contributed by atoms with Gasteiger partial charge in [-0.3, -0.25) is 4.90 Å². The smallest absolute Gasteiger partial charge is 0.0678 e. The van der Waals surface area contributed by atoms with Gasteiger partial charge in [-0.2, -0.15) is 0 Å². The Morgan fingerprint density at radius 2 is 1.79 bits per heavy atom.